The van der Waals surface area contributed by atoms with Crippen molar-refractivity contribution in [2.24, 2.45) is 5.10 Å². The van der Waals surface area contributed by atoms with Gasteiger partial charge in [-0.15, -0.1) is 0 Å². The van der Waals surface area contributed by atoms with Gasteiger partial charge < -0.3 is 14.2 Å². The normalized spacial score (nSPS) is 12.6. The van der Waals surface area contributed by atoms with Gasteiger partial charge in [0.1, 0.15) is 19.0 Å². The second-order valence-electron chi connectivity index (χ2n) is 7.09. The lowest BCUT2D eigenvalue weighted by molar-refractivity contribution is -0.123. The summed E-state index contributed by atoms with van der Waals surface area (Å²) in [6, 6.07) is 22.4. The van der Waals surface area contributed by atoms with Crippen LogP contribution in [0, 0.1) is 11.3 Å². The average Bonchev–Trinajstić information content (AvgIpc) is 2.86. The van der Waals surface area contributed by atoms with Crippen LogP contribution in [0.15, 0.2) is 71.8 Å². The van der Waals surface area contributed by atoms with Crippen molar-refractivity contribution in [2.75, 3.05) is 19.8 Å². The first-order valence-electron chi connectivity index (χ1n) is 10.1. The van der Waals surface area contributed by atoms with Gasteiger partial charge in [-0.2, -0.15) is 10.4 Å². The van der Waals surface area contributed by atoms with E-state index in [1.165, 1.54) is 0 Å². The van der Waals surface area contributed by atoms with Gasteiger partial charge in [0.2, 0.25) is 0 Å². The topological polar surface area (TPSA) is 92.9 Å². The molecule has 0 saturated carbocycles. The third kappa shape index (κ3) is 5.05. The maximum atomic E-state index is 12.1. The smallest absolute Gasteiger partial charge is 0.277 e. The molecule has 0 fully saturated rings. The standard InChI is InChI=1S/C25H21N3O4/c1-17(21-8-11-23-24(14-21)31-13-12-30-23)27-28-25(29)16-32-22-9-6-20(7-10-22)19-4-2-18(15-26)3-5-19/h2-11,14H,12-13,16H2,1H3,(H,28,29)/b27-17+. The van der Waals surface area contributed by atoms with E-state index in [0.717, 1.165) is 16.7 Å². The van der Waals surface area contributed by atoms with Crippen molar-refractivity contribution in [1.29, 1.82) is 5.26 Å². The molecule has 0 atom stereocenters. The molecule has 1 aliphatic rings. The highest BCUT2D eigenvalue weighted by Gasteiger charge is 2.13. The number of hydrogen-bond donors (Lipinski definition) is 1. The van der Waals surface area contributed by atoms with Crippen LogP contribution in [0.5, 0.6) is 17.2 Å². The lowest BCUT2D eigenvalue weighted by atomic mass is 10.0. The zero-order valence-corrected chi connectivity index (χ0v) is 17.5. The summed E-state index contributed by atoms with van der Waals surface area (Å²) in [5.41, 5.74) is 6.58. The number of carbonyl (C=O) groups excluding carboxylic acids is 1. The van der Waals surface area contributed by atoms with E-state index >= 15 is 0 Å². The summed E-state index contributed by atoms with van der Waals surface area (Å²) in [4.78, 5) is 12.1. The highest BCUT2D eigenvalue weighted by molar-refractivity contribution is 5.99. The number of fused-ring (bicyclic) bond motifs is 1. The number of hydrogen-bond acceptors (Lipinski definition) is 6. The lowest BCUT2D eigenvalue weighted by Crippen LogP contribution is -2.25. The maximum Gasteiger partial charge on any atom is 0.277 e. The molecule has 160 valence electrons. The van der Waals surface area contributed by atoms with Gasteiger partial charge in [0.15, 0.2) is 18.1 Å². The number of carbonyl (C=O) groups is 1. The number of amides is 1. The minimum atomic E-state index is -0.363. The summed E-state index contributed by atoms with van der Waals surface area (Å²) >= 11 is 0. The van der Waals surface area contributed by atoms with Crippen LogP contribution >= 0.6 is 0 Å². The number of nitrogens with zero attached hydrogens (tertiary/aromatic N) is 2. The number of nitrogens with one attached hydrogen (secondary N) is 1. The molecule has 4 rings (SSSR count). The molecule has 0 bridgehead atoms. The van der Waals surface area contributed by atoms with Crippen molar-refractivity contribution in [3.05, 3.63) is 77.9 Å². The zero-order chi connectivity index (χ0) is 22.3. The predicted molar refractivity (Wildman–Crippen MR) is 120 cm³/mol. The van der Waals surface area contributed by atoms with Crippen LogP contribution in [0.2, 0.25) is 0 Å². The van der Waals surface area contributed by atoms with Crippen molar-refractivity contribution in [3.8, 4) is 34.4 Å². The number of hydrazone groups is 1. The molecule has 0 aromatic heterocycles. The molecule has 0 saturated heterocycles. The lowest BCUT2D eigenvalue weighted by Gasteiger charge is -2.18. The summed E-state index contributed by atoms with van der Waals surface area (Å²) in [7, 11) is 0. The van der Waals surface area contributed by atoms with Gasteiger partial charge in [0.25, 0.3) is 5.91 Å². The highest BCUT2D eigenvalue weighted by Crippen LogP contribution is 2.30. The van der Waals surface area contributed by atoms with Gasteiger partial charge >= 0.3 is 0 Å². The Morgan fingerprint density at radius 1 is 1.00 bits per heavy atom. The Balaban J connectivity index is 1.30. The summed E-state index contributed by atoms with van der Waals surface area (Å²) < 4.78 is 16.6. The Hall–Kier alpha value is -4.31. The van der Waals surface area contributed by atoms with E-state index in [9.17, 15) is 4.79 Å². The van der Waals surface area contributed by atoms with Gasteiger partial charge in [-0.1, -0.05) is 24.3 Å². The number of benzene rings is 3. The highest BCUT2D eigenvalue weighted by atomic mass is 16.6. The van der Waals surface area contributed by atoms with Crippen molar-refractivity contribution in [1.82, 2.24) is 5.43 Å². The first-order chi connectivity index (χ1) is 15.6. The third-order valence-electron chi connectivity index (χ3n) is 4.88. The van der Waals surface area contributed by atoms with E-state index in [0.29, 0.717) is 41.7 Å². The van der Waals surface area contributed by atoms with Crippen LogP contribution in [0.3, 0.4) is 0 Å². The van der Waals surface area contributed by atoms with E-state index in [1.54, 1.807) is 31.2 Å². The molecular weight excluding hydrogens is 406 g/mol. The monoisotopic (exact) mass is 427 g/mol. The largest absolute Gasteiger partial charge is 0.486 e. The predicted octanol–water partition coefficient (Wildman–Crippen LogP) is 3.92. The Morgan fingerprint density at radius 2 is 1.66 bits per heavy atom. The van der Waals surface area contributed by atoms with E-state index in [2.05, 4.69) is 16.6 Å². The van der Waals surface area contributed by atoms with Gasteiger partial charge in [0.05, 0.1) is 17.3 Å². The van der Waals surface area contributed by atoms with Gasteiger partial charge in [-0.25, -0.2) is 5.43 Å². The minimum absolute atomic E-state index is 0.159. The molecule has 3 aromatic rings. The maximum absolute atomic E-state index is 12.1. The molecular formula is C25H21N3O4. The number of ether oxygens (including phenoxy) is 3. The SMILES string of the molecule is C/C(=N\NC(=O)COc1ccc(-c2ccc(C#N)cc2)cc1)c1ccc2c(c1)OCCO2. The Bertz CT molecular complexity index is 1180. The molecule has 1 aliphatic heterocycles. The van der Waals surface area contributed by atoms with E-state index in [-0.39, 0.29) is 12.5 Å². The molecule has 1 N–H and O–H groups in total. The second kappa shape index (κ2) is 9.67. The minimum Gasteiger partial charge on any atom is -0.486 e. The Kier molecular flexibility index (Phi) is 6.33. The van der Waals surface area contributed by atoms with Gasteiger partial charge in [-0.05, 0) is 60.5 Å². The molecule has 1 amide bonds. The van der Waals surface area contributed by atoms with Crippen molar-refractivity contribution < 1.29 is 19.0 Å². The second-order valence-corrected chi connectivity index (χ2v) is 7.09. The van der Waals surface area contributed by atoms with Gasteiger partial charge in [0, 0.05) is 5.56 Å². The zero-order valence-electron chi connectivity index (χ0n) is 17.5. The summed E-state index contributed by atoms with van der Waals surface area (Å²) in [6.45, 7) is 2.69. The third-order valence-corrected chi connectivity index (χ3v) is 4.88. The fourth-order valence-corrected chi connectivity index (χ4v) is 3.14. The molecule has 0 spiro atoms. The molecule has 0 unspecified atom stereocenters. The van der Waals surface area contributed by atoms with Crippen LogP contribution in [0.4, 0.5) is 0 Å². The summed E-state index contributed by atoms with van der Waals surface area (Å²) in [6.07, 6.45) is 0. The quantitative estimate of drug-likeness (QED) is 0.476. The molecule has 0 aliphatic carbocycles. The van der Waals surface area contributed by atoms with E-state index < -0.39 is 0 Å². The van der Waals surface area contributed by atoms with E-state index in [4.69, 9.17) is 19.5 Å². The summed E-state index contributed by atoms with van der Waals surface area (Å²) in [5.74, 6) is 1.58. The van der Waals surface area contributed by atoms with Crippen molar-refractivity contribution >= 4 is 11.6 Å². The van der Waals surface area contributed by atoms with Crippen molar-refractivity contribution in [3.63, 3.8) is 0 Å². The van der Waals surface area contributed by atoms with Crippen LogP contribution < -0.4 is 19.6 Å². The Labute approximate surface area is 185 Å². The molecule has 32 heavy (non-hydrogen) atoms. The van der Waals surface area contributed by atoms with Crippen LogP contribution in [0.25, 0.3) is 11.1 Å². The Morgan fingerprint density at radius 3 is 2.34 bits per heavy atom. The first kappa shape index (κ1) is 20.9. The molecule has 1 heterocycles. The van der Waals surface area contributed by atoms with Crippen LogP contribution in [-0.4, -0.2) is 31.4 Å². The van der Waals surface area contributed by atoms with Crippen molar-refractivity contribution in [2.45, 2.75) is 6.92 Å². The number of nitriles is 1. The first-order valence-corrected chi connectivity index (χ1v) is 10.1. The molecule has 0 radical (unpaired) electrons. The molecule has 3 aromatic carbocycles. The molecule has 7 heteroatoms. The fraction of sp³-hybridized carbons (Fsp3) is 0.160. The van der Waals surface area contributed by atoms with Crippen LogP contribution in [0.1, 0.15) is 18.1 Å². The molecule has 7 nitrogen and oxygen atoms in total. The van der Waals surface area contributed by atoms with E-state index in [1.807, 2.05) is 42.5 Å². The van der Waals surface area contributed by atoms with Gasteiger partial charge in [-0.3, -0.25) is 4.79 Å². The summed E-state index contributed by atoms with van der Waals surface area (Å²) in [5, 5.41) is 13.0. The number of rotatable bonds is 6. The average molecular weight is 427 g/mol. The van der Waals surface area contributed by atoms with Crippen LogP contribution in [-0.2, 0) is 4.79 Å². The fourth-order valence-electron chi connectivity index (χ4n) is 3.14.